The predicted molar refractivity (Wildman–Crippen MR) is 108 cm³/mol. The van der Waals surface area contributed by atoms with Crippen molar-refractivity contribution in [3.05, 3.63) is 88.5 Å². The van der Waals surface area contributed by atoms with E-state index < -0.39 is 0 Å². The Balaban J connectivity index is 1.86. The van der Waals surface area contributed by atoms with Crippen LogP contribution in [-0.4, -0.2) is 21.7 Å². The van der Waals surface area contributed by atoms with Gasteiger partial charge >= 0.3 is 0 Å². The molecule has 3 rings (SSSR count). The number of carbonyl (C=O) groups excluding carboxylic acids is 1. The second-order valence-electron chi connectivity index (χ2n) is 5.98. The fourth-order valence-electron chi connectivity index (χ4n) is 2.74. The number of hydrogen-bond acceptors (Lipinski definition) is 3. The number of thioether (sulfide) groups is 1. The highest BCUT2D eigenvalue weighted by molar-refractivity contribution is 7.97. The molecule has 0 spiro atoms. The molecule has 0 saturated heterocycles. The molecule has 2 aromatic carbocycles. The summed E-state index contributed by atoms with van der Waals surface area (Å²) in [5.41, 5.74) is 2.76. The first-order valence-electron chi connectivity index (χ1n) is 8.20. The second-order valence-corrected chi connectivity index (χ2v) is 7.29. The van der Waals surface area contributed by atoms with Gasteiger partial charge in [0.2, 0.25) is 0 Å². The SMILES string of the molecule is CSCc1ccc(C(=O)N[C@H](c2ccc(Cl)cc2)c2nccn2C)cc1. The van der Waals surface area contributed by atoms with Crippen LogP contribution in [-0.2, 0) is 12.8 Å². The lowest BCUT2D eigenvalue weighted by Gasteiger charge is -2.19. The summed E-state index contributed by atoms with van der Waals surface area (Å²) in [5, 5.41) is 3.75. The maximum absolute atomic E-state index is 12.8. The van der Waals surface area contributed by atoms with Crippen LogP contribution in [0.1, 0.15) is 33.4 Å². The van der Waals surface area contributed by atoms with E-state index in [1.165, 1.54) is 5.56 Å². The molecule has 1 heterocycles. The van der Waals surface area contributed by atoms with Crippen LogP contribution in [0, 0.1) is 0 Å². The first-order chi connectivity index (χ1) is 12.6. The third-order valence-electron chi connectivity index (χ3n) is 4.12. The number of nitrogens with one attached hydrogen (secondary N) is 1. The zero-order valence-corrected chi connectivity index (χ0v) is 16.2. The lowest BCUT2D eigenvalue weighted by Crippen LogP contribution is -2.31. The van der Waals surface area contributed by atoms with Gasteiger partial charge in [0.05, 0.1) is 0 Å². The summed E-state index contributed by atoms with van der Waals surface area (Å²) < 4.78 is 1.90. The fourth-order valence-corrected chi connectivity index (χ4v) is 3.39. The highest BCUT2D eigenvalue weighted by Crippen LogP contribution is 2.23. The Morgan fingerprint density at radius 2 is 1.88 bits per heavy atom. The second kappa shape index (κ2) is 8.43. The first-order valence-corrected chi connectivity index (χ1v) is 9.97. The van der Waals surface area contributed by atoms with Crippen LogP contribution in [0.2, 0.25) is 5.02 Å². The lowest BCUT2D eigenvalue weighted by molar-refractivity contribution is 0.0941. The molecule has 0 saturated carbocycles. The molecule has 3 aromatic rings. The van der Waals surface area contributed by atoms with Crippen LogP contribution in [0.4, 0.5) is 0 Å². The van der Waals surface area contributed by atoms with Crippen molar-refractivity contribution in [2.24, 2.45) is 7.05 Å². The molecule has 26 heavy (non-hydrogen) atoms. The van der Waals surface area contributed by atoms with Crippen LogP contribution in [0.3, 0.4) is 0 Å². The van der Waals surface area contributed by atoms with Gasteiger partial charge < -0.3 is 9.88 Å². The molecule has 1 atom stereocenters. The molecule has 0 aliphatic carbocycles. The van der Waals surface area contributed by atoms with E-state index >= 15 is 0 Å². The van der Waals surface area contributed by atoms with Crippen LogP contribution in [0.25, 0.3) is 0 Å². The summed E-state index contributed by atoms with van der Waals surface area (Å²) in [5.74, 6) is 1.56. The Bertz CT molecular complexity index is 875. The molecule has 0 aliphatic rings. The minimum absolute atomic E-state index is 0.136. The normalized spacial score (nSPS) is 12.0. The van der Waals surface area contributed by atoms with Crippen molar-refractivity contribution in [1.29, 1.82) is 0 Å². The Kier molecular flexibility index (Phi) is 6.01. The molecule has 134 valence electrons. The maximum atomic E-state index is 12.8. The summed E-state index contributed by atoms with van der Waals surface area (Å²) in [6, 6.07) is 14.8. The number of benzene rings is 2. The molecule has 0 fully saturated rings. The quantitative estimate of drug-likeness (QED) is 0.681. The van der Waals surface area contributed by atoms with Gasteiger partial charge in [0.1, 0.15) is 11.9 Å². The molecule has 0 unspecified atom stereocenters. The van der Waals surface area contributed by atoms with Crippen molar-refractivity contribution in [1.82, 2.24) is 14.9 Å². The standard InChI is InChI=1S/C20H20ClN3OS/c1-24-12-11-22-19(24)18(15-7-9-17(21)10-8-15)23-20(25)16-5-3-14(4-6-16)13-26-2/h3-12,18H,13H2,1-2H3,(H,23,25)/t18-/m1/s1. The number of imidazole rings is 1. The minimum atomic E-state index is -0.356. The van der Waals surface area contributed by atoms with E-state index in [1.54, 1.807) is 18.0 Å². The van der Waals surface area contributed by atoms with Gasteiger partial charge in [-0.15, -0.1) is 0 Å². The fraction of sp³-hybridized carbons (Fsp3) is 0.200. The largest absolute Gasteiger partial charge is 0.338 e. The molecule has 1 aromatic heterocycles. The Labute approximate surface area is 162 Å². The summed E-state index contributed by atoms with van der Waals surface area (Å²) in [4.78, 5) is 17.2. The van der Waals surface area contributed by atoms with Gasteiger partial charge in [-0.2, -0.15) is 11.8 Å². The van der Waals surface area contributed by atoms with Crippen molar-refractivity contribution in [2.75, 3.05) is 6.26 Å². The van der Waals surface area contributed by atoms with E-state index in [0.717, 1.165) is 17.1 Å². The van der Waals surface area contributed by atoms with E-state index in [4.69, 9.17) is 11.6 Å². The van der Waals surface area contributed by atoms with Gasteiger partial charge in [0.15, 0.2) is 0 Å². The van der Waals surface area contributed by atoms with Crippen molar-refractivity contribution < 1.29 is 4.79 Å². The Morgan fingerprint density at radius 1 is 1.19 bits per heavy atom. The number of amides is 1. The van der Waals surface area contributed by atoms with Crippen LogP contribution in [0.5, 0.6) is 0 Å². The molecular weight excluding hydrogens is 366 g/mol. The highest BCUT2D eigenvalue weighted by Gasteiger charge is 2.21. The van der Waals surface area contributed by atoms with Gasteiger partial charge in [-0.25, -0.2) is 4.98 Å². The number of rotatable bonds is 6. The highest BCUT2D eigenvalue weighted by atomic mass is 35.5. The van der Waals surface area contributed by atoms with Crippen molar-refractivity contribution in [3.63, 3.8) is 0 Å². The monoisotopic (exact) mass is 385 g/mol. The Morgan fingerprint density at radius 3 is 2.46 bits per heavy atom. The number of aryl methyl sites for hydroxylation is 1. The molecule has 0 aliphatic heterocycles. The van der Waals surface area contributed by atoms with Gasteiger partial charge in [-0.05, 0) is 41.6 Å². The number of hydrogen-bond donors (Lipinski definition) is 1. The average molecular weight is 386 g/mol. The maximum Gasteiger partial charge on any atom is 0.252 e. The smallest absolute Gasteiger partial charge is 0.252 e. The van der Waals surface area contributed by atoms with Gasteiger partial charge in [-0.1, -0.05) is 35.9 Å². The predicted octanol–water partition coefficient (Wildman–Crippen LogP) is 4.46. The third kappa shape index (κ3) is 4.29. The number of carbonyl (C=O) groups is 1. The zero-order valence-electron chi connectivity index (χ0n) is 14.6. The zero-order chi connectivity index (χ0) is 18.5. The Hall–Kier alpha value is -2.24. The minimum Gasteiger partial charge on any atom is -0.338 e. The van der Waals surface area contributed by atoms with E-state index in [0.29, 0.717) is 10.6 Å². The van der Waals surface area contributed by atoms with Gasteiger partial charge in [0.25, 0.3) is 5.91 Å². The van der Waals surface area contributed by atoms with Gasteiger partial charge in [0, 0.05) is 35.8 Å². The first kappa shape index (κ1) is 18.5. The van der Waals surface area contributed by atoms with Crippen molar-refractivity contribution in [2.45, 2.75) is 11.8 Å². The number of aromatic nitrogens is 2. The summed E-state index contributed by atoms with van der Waals surface area (Å²) >= 11 is 7.76. The van der Waals surface area contributed by atoms with Crippen molar-refractivity contribution in [3.8, 4) is 0 Å². The van der Waals surface area contributed by atoms with Crippen molar-refractivity contribution >= 4 is 29.3 Å². The lowest BCUT2D eigenvalue weighted by atomic mass is 10.0. The number of halogens is 1. The van der Waals surface area contributed by atoms with Gasteiger partial charge in [-0.3, -0.25) is 4.79 Å². The van der Waals surface area contributed by atoms with E-state index in [2.05, 4.69) is 16.6 Å². The third-order valence-corrected chi connectivity index (χ3v) is 5.00. The molecule has 4 nitrogen and oxygen atoms in total. The summed E-state index contributed by atoms with van der Waals surface area (Å²) in [6.07, 6.45) is 5.65. The summed E-state index contributed by atoms with van der Waals surface area (Å²) in [6.45, 7) is 0. The van der Waals surface area contributed by atoms with Crippen LogP contribution >= 0.6 is 23.4 Å². The average Bonchev–Trinajstić information content (AvgIpc) is 3.07. The molecule has 6 heteroatoms. The molecule has 0 radical (unpaired) electrons. The molecular formula is C20H20ClN3OS. The van der Waals surface area contributed by atoms with Crippen LogP contribution in [0.15, 0.2) is 60.9 Å². The topological polar surface area (TPSA) is 46.9 Å². The number of nitrogens with zero attached hydrogens (tertiary/aromatic N) is 2. The summed E-state index contributed by atoms with van der Waals surface area (Å²) in [7, 11) is 1.91. The van der Waals surface area contributed by atoms with E-state index in [1.807, 2.05) is 66.3 Å². The molecule has 1 N–H and O–H groups in total. The van der Waals surface area contributed by atoms with E-state index in [9.17, 15) is 4.79 Å². The molecule has 0 bridgehead atoms. The van der Waals surface area contributed by atoms with E-state index in [-0.39, 0.29) is 11.9 Å². The van der Waals surface area contributed by atoms with Crippen LogP contribution < -0.4 is 5.32 Å². The molecule has 1 amide bonds.